The van der Waals surface area contributed by atoms with Crippen LogP contribution in [0.4, 0.5) is 0 Å². The van der Waals surface area contributed by atoms with Gasteiger partial charge in [-0.15, -0.1) is 0 Å². The molecule has 72 valence electrons. The standard InChI is InChI=1S/C7H8BrNO3S/c1-12-7-3-6(13(2,10)11)5(8)4-9-7/h3-4H,1-2H3. The van der Waals surface area contributed by atoms with Crippen molar-refractivity contribution in [1.82, 2.24) is 4.98 Å². The Labute approximate surface area is 85.0 Å². The third-order valence-corrected chi connectivity index (χ3v) is 3.43. The second kappa shape index (κ2) is 3.63. The first-order valence-electron chi connectivity index (χ1n) is 3.34. The lowest BCUT2D eigenvalue weighted by Gasteiger charge is -2.03. The van der Waals surface area contributed by atoms with E-state index in [0.717, 1.165) is 6.26 Å². The van der Waals surface area contributed by atoms with E-state index in [4.69, 9.17) is 4.74 Å². The monoisotopic (exact) mass is 265 g/mol. The second-order valence-corrected chi connectivity index (χ2v) is 5.27. The number of aromatic nitrogens is 1. The minimum Gasteiger partial charge on any atom is -0.481 e. The number of rotatable bonds is 2. The van der Waals surface area contributed by atoms with E-state index in [9.17, 15) is 8.42 Å². The van der Waals surface area contributed by atoms with Crippen LogP contribution in [-0.4, -0.2) is 26.8 Å². The van der Waals surface area contributed by atoms with Crippen molar-refractivity contribution in [3.05, 3.63) is 16.7 Å². The fraction of sp³-hybridized carbons (Fsp3) is 0.286. The Balaban J connectivity index is 3.36. The highest BCUT2D eigenvalue weighted by atomic mass is 79.9. The van der Waals surface area contributed by atoms with Crippen LogP contribution in [0.2, 0.25) is 0 Å². The van der Waals surface area contributed by atoms with E-state index < -0.39 is 9.84 Å². The molecule has 0 aromatic carbocycles. The zero-order chi connectivity index (χ0) is 10.1. The number of sulfone groups is 1. The van der Waals surface area contributed by atoms with Gasteiger partial charge in [0.15, 0.2) is 9.84 Å². The summed E-state index contributed by atoms with van der Waals surface area (Å²) in [5.74, 6) is 0.281. The number of methoxy groups -OCH3 is 1. The summed E-state index contributed by atoms with van der Waals surface area (Å²) >= 11 is 3.10. The van der Waals surface area contributed by atoms with Crippen molar-refractivity contribution in [2.45, 2.75) is 4.90 Å². The molecular formula is C7H8BrNO3S. The topological polar surface area (TPSA) is 56.3 Å². The molecule has 1 aromatic heterocycles. The first-order chi connectivity index (χ1) is 5.95. The van der Waals surface area contributed by atoms with Gasteiger partial charge in [0.2, 0.25) is 5.88 Å². The van der Waals surface area contributed by atoms with Crippen LogP contribution in [0.3, 0.4) is 0 Å². The molecule has 0 fully saturated rings. The van der Waals surface area contributed by atoms with Crippen LogP contribution in [0, 0.1) is 0 Å². The summed E-state index contributed by atoms with van der Waals surface area (Å²) in [5, 5.41) is 0. The minimum atomic E-state index is -3.23. The molecule has 0 spiro atoms. The Hall–Kier alpha value is -0.620. The maximum atomic E-state index is 11.2. The fourth-order valence-electron chi connectivity index (χ4n) is 0.798. The lowest BCUT2D eigenvalue weighted by Crippen LogP contribution is -2.00. The van der Waals surface area contributed by atoms with Gasteiger partial charge in [0.1, 0.15) is 0 Å². The normalized spacial score (nSPS) is 11.3. The molecule has 1 rings (SSSR count). The number of ether oxygens (including phenoxy) is 1. The Morgan fingerprint density at radius 2 is 2.15 bits per heavy atom. The molecule has 0 bridgehead atoms. The summed E-state index contributed by atoms with van der Waals surface area (Å²) < 4.78 is 27.7. The van der Waals surface area contributed by atoms with E-state index in [1.54, 1.807) is 0 Å². The van der Waals surface area contributed by atoms with Gasteiger partial charge in [-0.25, -0.2) is 13.4 Å². The van der Waals surface area contributed by atoms with Gasteiger partial charge in [-0.05, 0) is 15.9 Å². The number of hydrogen-bond donors (Lipinski definition) is 0. The molecule has 0 amide bonds. The third kappa shape index (κ3) is 2.41. The van der Waals surface area contributed by atoms with Gasteiger partial charge in [-0.2, -0.15) is 0 Å². The van der Waals surface area contributed by atoms with Crippen LogP contribution in [0.15, 0.2) is 21.6 Å². The van der Waals surface area contributed by atoms with Gasteiger partial charge < -0.3 is 4.74 Å². The quantitative estimate of drug-likeness (QED) is 0.808. The van der Waals surface area contributed by atoms with Gasteiger partial charge >= 0.3 is 0 Å². The lowest BCUT2D eigenvalue weighted by atomic mass is 10.5. The fourth-order valence-corrected chi connectivity index (χ4v) is 2.62. The SMILES string of the molecule is COc1cc(S(C)(=O)=O)c(Br)cn1. The van der Waals surface area contributed by atoms with Crippen LogP contribution >= 0.6 is 15.9 Å². The molecule has 1 aromatic rings. The van der Waals surface area contributed by atoms with Gasteiger partial charge in [-0.1, -0.05) is 0 Å². The molecule has 0 unspecified atom stereocenters. The van der Waals surface area contributed by atoms with E-state index in [2.05, 4.69) is 20.9 Å². The summed E-state index contributed by atoms with van der Waals surface area (Å²) in [6.45, 7) is 0. The first kappa shape index (κ1) is 10.5. The van der Waals surface area contributed by atoms with Gasteiger partial charge in [-0.3, -0.25) is 0 Å². The maximum absolute atomic E-state index is 11.2. The summed E-state index contributed by atoms with van der Waals surface area (Å²) in [7, 11) is -1.80. The molecule has 0 aliphatic rings. The Bertz CT molecular complexity index is 416. The van der Waals surface area contributed by atoms with Crippen LogP contribution in [0.25, 0.3) is 0 Å². The number of hydrogen-bond acceptors (Lipinski definition) is 4. The molecule has 13 heavy (non-hydrogen) atoms. The van der Waals surface area contributed by atoms with Crippen molar-refractivity contribution in [2.75, 3.05) is 13.4 Å². The highest BCUT2D eigenvalue weighted by Gasteiger charge is 2.13. The highest BCUT2D eigenvalue weighted by Crippen LogP contribution is 2.23. The second-order valence-electron chi connectivity index (χ2n) is 2.43. The summed E-state index contributed by atoms with van der Waals surface area (Å²) in [4.78, 5) is 4.02. The van der Waals surface area contributed by atoms with Crippen molar-refractivity contribution in [1.29, 1.82) is 0 Å². The molecule has 4 nitrogen and oxygen atoms in total. The Morgan fingerprint density at radius 3 is 2.62 bits per heavy atom. The molecule has 0 atom stereocenters. The molecule has 1 heterocycles. The zero-order valence-corrected chi connectivity index (χ0v) is 9.52. The zero-order valence-electron chi connectivity index (χ0n) is 7.11. The van der Waals surface area contributed by atoms with Crippen LogP contribution in [-0.2, 0) is 9.84 Å². The minimum absolute atomic E-state index is 0.180. The molecule has 6 heteroatoms. The lowest BCUT2D eigenvalue weighted by molar-refractivity contribution is 0.396. The smallest absolute Gasteiger partial charge is 0.214 e. The number of halogens is 1. The molecule has 0 saturated carbocycles. The van der Waals surface area contributed by atoms with E-state index in [1.165, 1.54) is 19.4 Å². The predicted octanol–water partition coefficient (Wildman–Crippen LogP) is 1.26. The molecule has 0 aliphatic heterocycles. The van der Waals surface area contributed by atoms with Crippen molar-refractivity contribution < 1.29 is 13.2 Å². The van der Waals surface area contributed by atoms with E-state index in [-0.39, 0.29) is 10.8 Å². The summed E-state index contributed by atoms with van der Waals surface area (Å²) in [5.41, 5.74) is 0. The van der Waals surface area contributed by atoms with Crippen LogP contribution in [0.5, 0.6) is 5.88 Å². The molecule has 0 N–H and O–H groups in total. The van der Waals surface area contributed by atoms with E-state index >= 15 is 0 Å². The van der Waals surface area contributed by atoms with Crippen molar-refractivity contribution in [2.24, 2.45) is 0 Å². The third-order valence-electron chi connectivity index (χ3n) is 1.40. The first-order valence-corrected chi connectivity index (χ1v) is 6.03. The summed E-state index contributed by atoms with van der Waals surface area (Å²) in [6, 6.07) is 1.37. The number of nitrogens with zero attached hydrogens (tertiary/aromatic N) is 1. The molecule has 0 radical (unpaired) electrons. The largest absolute Gasteiger partial charge is 0.481 e. The molecular weight excluding hydrogens is 258 g/mol. The van der Waals surface area contributed by atoms with Crippen LogP contribution in [0.1, 0.15) is 0 Å². The van der Waals surface area contributed by atoms with E-state index in [0.29, 0.717) is 4.47 Å². The van der Waals surface area contributed by atoms with Crippen molar-refractivity contribution in [3.63, 3.8) is 0 Å². The molecule has 0 aliphatic carbocycles. The summed E-state index contributed by atoms with van der Waals surface area (Å²) in [6.07, 6.45) is 2.53. The van der Waals surface area contributed by atoms with Gasteiger partial charge in [0.25, 0.3) is 0 Å². The van der Waals surface area contributed by atoms with Gasteiger partial charge in [0, 0.05) is 18.5 Å². The van der Waals surface area contributed by atoms with Crippen molar-refractivity contribution in [3.8, 4) is 5.88 Å². The van der Waals surface area contributed by atoms with Gasteiger partial charge in [0.05, 0.1) is 16.5 Å². The highest BCUT2D eigenvalue weighted by molar-refractivity contribution is 9.10. The Kier molecular flexibility index (Phi) is 2.92. The molecule has 0 saturated heterocycles. The average molecular weight is 266 g/mol. The predicted molar refractivity (Wildman–Crippen MR) is 51.6 cm³/mol. The Morgan fingerprint density at radius 1 is 1.54 bits per heavy atom. The van der Waals surface area contributed by atoms with Crippen molar-refractivity contribution >= 4 is 25.8 Å². The van der Waals surface area contributed by atoms with E-state index in [1.807, 2.05) is 0 Å². The average Bonchev–Trinajstić information content (AvgIpc) is 2.03. The van der Waals surface area contributed by atoms with Crippen LogP contribution < -0.4 is 4.74 Å². The maximum Gasteiger partial charge on any atom is 0.214 e. The number of pyridine rings is 1.